The first kappa shape index (κ1) is 13.4. The summed E-state index contributed by atoms with van der Waals surface area (Å²) in [6, 6.07) is 9.32. The minimum atomic E-state index is -0.341. The number of rotatable bonds is 3. The molecule has 0 heterocycles. The van der Waals surface area contributed by atoms with E-state index in [-0.39, 0.29) is 11.6 Å². The van der Waals surface area contributed by atoms with Crippen molar-refractivity contribution in [2.24, 2.45) is 11.8 Å². The monoisotopic (exact) mass is 270 g/mol. The Morgan fingerprint density at radius 3 is 2.70 bits per heavy atom. The molecule has 2 aliphatic carbocycles. The van der Waals surface area contributed by atoms with Crippen LogP contribution in [0.15, 0.2) is 42.5 Å². The Kier molecular flexibility index (Phi) is 3.64. The number of carbonyl (C=O) groups excluding carboxylic acids is 1. The zero-order chi connectivity index (χ0) is 14.0. The number of esters is 1. The van der Waals surface area contributed by atoms with Gasteiger partial charge in [0.1, 0.15) is 5.60 Å². The second-order valence-electron chi connectivity index (χ2n) is 6.07. The van der Waals surface area contributed by atoms with Gasteiger partial charge in [-0.3, -0.25) is 0 Å². The van der Waals surface area contributed by atoms with Crippen molar-refractivity contribution in [3.8, 4) is 0 Å². The van der Waals surface area contributed by atoms with Crippen LogP contribution in [0.2, 0.25) is 0 Å². The average molecular weight is 270 g/mol. The van der Waals surface area contributed by atoms with E-state index in [4.69, 9.17) is 4.74 Å². The fraction of sp³-hybridized carbons (Fsp3) is 0.500. The fourth-order valence-corrected chi connectivity index (χ4v) is 3.93. The Bertz CT molecular complexity index is 505. The Balaban J connectivity index is 1.77. The van der Waals surface area contributed by atoms with E-state index >= 15 is 0 Å². The van der Waals surface area contributed by atoms with Crippen LogP contribution >= 0.6 is 0 Å². The van der Waals surface area contributed by atoms with E-state index in [0.717, 1.165) is 12.3 Å². The van der Waals surface area contributed by atoms with E-state index < -0.39 is 0 Å². The number of benzene rings is 1. The summed E-state index contributed by atoms with van der Waals surface area (Å²) in [6.45, 7) is 2.01. The van der Waals surface area contributed by atoms with Gasteiger partial charge in [-0.1, -0.05) is 37.1 Å². The molecule has 0 bridgehead atoms. The normalized spacial score (nSPS) is 32.5. The first-order valence-electron chi connectivity index (χ1n) is 7.67. The predicted octanol–water partition coefficient (Wildman–Crippen LogP) is 4.37. The molecule has 1 aromatic rings. The topological polar surface area (TPSA) is 26.3 Å². The Morgan fingerprint density at radius 1 is 1.25 bits per heavy atom. The summed E-state index contributed by atoms with van der Waals surface area (Å²) >= 11 is 0. The van der Waals surface area contributed by atoms with Crippen LogP contribution in [0.25, 0.3) is 0 Å². The third-order valence-corrected chi connectivity index (χ3v) is 4.86. The lowest BCUT2D eigenvalue weighted by atomic mass is 9.55. The summed E-state index contributed by atoms with van der Waals surface area (Å²) in [7, 11) is 0. The largest absolute Gasteiger partial charge is 0.451 e. The Labute approximate surface area is 120 Å². The molecule has 3 rings (SSSR count). The molecule has 2 saturated carbocycles. The van der Waals surface area contributed by atoms with Gasteiger partial charge in [0.05, 0.1) is 5.56 Å². The van der Waals surface area contributed by atoms with Gasteiger partial charge in [-0.2, -0.15) is 0 Å². The Morgan fingerprint density at radius 2 is 2.00 bits per heavy atom. The molecule has 106 valence electrons. The minimum absolute atomic E-state index is 0.187. The molecule has 1 aromatic carbocycles. The number of hydrogen-bond acceptors (Lipinski definition) is 2. The second kappa shape index (κ2) is 5.43. The molecule has 20 heavy (non-hydrogen) atoms. The maximum absolute atomic E-state index is 12.3. The number of fused-ring (bicyclic) bond motifs is 1. The molecular weight excluding hydrogens is 248 g/mol. The average Bonchev–Trinajstić information content (AvgIpc) is 2.47. The fourth-order valence-electron chi connectivity index (χ4n) is 3.93. The van der Waals surface area contributed by atoms with E-state index in [0.29, 0.717) is 11.5 Å². The van der Waals surface area contributed by atoms with Crippen LogP contribution in [0, 0.1) is 11.8 Å². The highest BCUT2D eigenvalue weighted by molar-refractivity contribution is 5.89. The molecule has 0 spiro atoms. The van der Waals surface area contributed by atoms with Crippen molar-refractivity contribution < 1.29 is 9.53 Å². The lowest BCUT2D eigenvalue weighted by Crippen LogP contribution is -2.56. The maximum atomic E-state index is 12.3. The van der Waals surface area contributed by atoms with Crippen molar-refractivity contribution in [1.82, 2.24) is 0 Å². The minimum Gasteiger partial charge on any atom is -0.451 e. The van der Waals surface area contributed by atoms with E-state index in [1.54, 1.807) is 0 Å². The van der Waals surface area contributed by atoms with Gasteiger partial charge in [0.25, 0.3) is 0 Å². The van der Waals surface area contributed by atoms with Crippen LogP contribution in [-0.2, 0) is 4.74 Å². The summed E-state index contributed by atoms with van der Waals surface area (Å²) in [5.74, 6) is 1.09. The molecule has 0 amide bonds. The predicted molar refractivity (Wildman–Crippen MR) is 79.5 cm³/mol. The zero-order valence-electron chi connectivity index (χ0n) is 12.0. The third-order valence-electron chi connectivity index (χ3n) is 4.86. The maximum Gasteiger partial charge on any atom is 0.339 e. The lowest BCUT2D eigenvalue weighted by Gasteiger charge is -2.55. The number of allylic oxidation sites excluding steroid dienone is 1. The summed E-state index contributed by atoms with van der Waals surface area (Å²) in [5, 5.41) is 0. The van der Waals surface area contributed by atoms with Gasteiger partial charge >= 0.3 is 5.97 Å². The Hall–Kier alpha value is -1.57. The molecule has 0 N–H and O–H groups in total. The van der Waals surface area contributed by atoms with Crippen molar-refractivity contribution in [2.75, 3.05) is 0 Å². The highest BCUT2D eigenvalue weighted by Crippen LogP contribution is 2.54. The summed E-state index contributed by atoms with van der Waals surface area (Å²) in [6.07, 6.45) is 10.2. The molecular formula is C18H22O2. The van der Waals surface area contributed by atoms with Crippen molar-refractivity contribution in [3.05, 3.63) is 48.0 Å². The van der Waals surface area contributed by atoms with Gasteiger partial charge < -0.3 is 4.74 Å². The quantitative estimate of drug-likeness (QED) is 0.602. The molecule has 2 heteroatoms. The summed E-state index contributed by atoms with van der Waals surface area (Å²) in [4.78, 5) is 12.3. The van der Waals surface area contributed by atoms with Crippen molar-refractivity contribution in [2.45, 2.75) is 44.6 Å². The first-order valence-corrected chi connectivity index (χ1v) is 7.67. The van der Waals surface area contributed by atoms with Crippen LogP contribution in [0.1, 0.15) is 49.4 Å². The zero-order valence-corrected chi connectivity index (χ0v) is 12.0. The third kappa shape index (κ3) is 2.28. The number of hydrogen-bond donors (Lipinski definition) is 0. The van der Waals surface area contributed by atoms with Gasteiger partial charge in [0.2, 0.25) is 0 Å². The van der Waals surface area contributed by atoms with Crippen molar-refractivity contribution in [3.63, 3.8) is 0 Å². The second-order valence-corrected chi connectivity index (χ2v) is 6.07. The van der Waals surface area contributed by atoms with Gasteiger partial charge in [-0.05, 0) is 50.3 Å². The van der Waals surface area contributed by atoms with E-state index in [1.807, 2.05) is 43.3 Å². The molecule has 3 atom stereocenters. The van der Waals surface area contributed by atoms with Gasteiger partial charge in [-0.15, -0.1) is 0 Å². The van der Waals surface area contributed by atoms with E-state index in [1.165, 1.54) is 25.7 Å². The molecule has 0 aromatic heterocycles. The van der Waals surface area contributed by atoms with Crippen molar-refractivity contribution >= 4 is 5.97 Å². The standard InChI is InChI=1S/C18H22O2/c1-2-12-18(13-15-10-6-7-11-16(15)18)20-17(19)14-8-4-3-5-9-14/h2-5,8-9,12,15-16H,6-7,10-11,13H2,1H3/b12-2-/t15-,16+,18-/m1/s1. The van der Waals surface area contributed by atoms with Gasteiger partial charge in [0.15, 0.2) is 0 Å². The molecule has 2 nitrogen and oxygen atoms in total. The van der Waals surface area contributed by atoms with Crippen LogP contribution in [0.3, 0.4) is 0 Å². The van der Waals surface area contributed by atoms with Crippen molar-refractivity contribution in [1.29, 1.82) is 0 Å². The molecule has 2 fully saturated rings. The number of carbonyl (C=O) groups is 1. The lowest BCUT2D eigenvalue weighted by molar-refractivity contribution is -0.127. The van der Waals surface area contributed by atoms with Gasteiger partial charge in [0, 0.05) is 5.92 Å². The van der Waals surface area contributed by atoms with Gasteiger partial charge in [-0.25, -0.2) is 4.79 Å². The molecule has 0 aliphatic heterocycles. The highest BCUT2D eigenvalue weighted by Gasteiger charge is 2.55. The SMILES string of the molecule is C/C=C\[C@@]1(OC(=O)c2ccccc2)C[C@H]2CCCC[C@@H]21. The smallest absolute Gasteiger partial charge is 0.339 e. The van der Waals surface area contributed by atoms with Crippen LogP contribution in [0.4, 0.5) is 0 Å². The molecule has 0 saturated heterocycles. The molecule has 0 radical (unpaired) electrons. The molecule has 0 unspecified atom stereocenters. The van der Waals surface area contributed by atoms with Crippen LogP contribution in [-0.4, -0.2) is 11.6 Å². The van der Waals surface area contributed by atoms with Crippen LogP contribution in [0.5, 0.6) is 0 Å². The highest BCUT2D eigenvalue weighted by atomic mass is 16.6. The molecule has 2 aliphatic rings. The number of ether oxygens (including phenoxy) is 1. The van der Waals surface area contributed by atoms with E-state index in [2.05, 4.69) is 6.08 Å². The van der Waals surface area contributed by atoms with Crippen LogP contribution < -0.4 is 0 Å². The van der Waals surface area contributed by atoms with E-state index in [9.17, 15) is 4.79 Å². The summed E-state index contributed by atoms with van der Waals surface area (Å²) < 4.78 is 5.94. The first-order chi connectivity index (χ1) is 9.75. The summed E-state index contributed by atoms with van der Waals surface area (Å²) in [5.41, 5.74) is 0.308.